The fourth-order valence-electron chi connectivity index (χ4n) is 4.50. The lowest BCUT2D eigenvalue weighted by molar-refractivity contribution is -0.137. The second-order valence-corrected chi connectivity index (χ2v) is 8.38. The molecular weight excluding hydrogens is 456 g/mol. The predicted octanol–water partition coefficient (Wildman–Crippen LogP) is 4.00. The van der Waals surface area contributed by atoms with Crippen LogP contribution in [0.3, 0.4) is 0 Å². The van der Waals surface area contributed by atoms with Gasteiger partial charge >= 0.3 is 6.18 Å². The predicted molar refractivity (Wildman–Crippen MR) is 113 cm³/mol. The molecule has 1 fully saturated rings. The molecule has 0 saturated carbocycles. The first-order valence-corrected chi connectivity index (χ1v) is 10.6. The van der Waals surface area contributed by atoms with Crippen molar-refractivity contribution in [1.29, 1.82) is 0 Å². The molecule has 1 aromatic carbocycles. The maximum Gasteiger partial charge on any atom is 0.416 e. The van der Waals surface area contributed by atoms with Crippen molar-refractivity contribution in [2.75, 3.05) is 18.9 Å². The topological polar surface area (TPSA) is 90.6 Å². The number of pyridine rings is 2. The Labute approximate surface area is 191 Å². The molecule has 2 N–H and O–H groups in total. The highest BCUT2D eigenvalue weighted by Crippen LogP contribution is 2.36. The van der Waals surface area contributed by atoms with E-state index < -0.39 is 35.5 Å². The molecular formula is C23H20F4N4O3. The molecule has 0 aliphatic carbocycles. The van der Waals surface area contributed by atoms with E-state index in [2.05, 4.69) is 9.97 Å². The Morgan fingerprint density at radius 1 is 1.15 bits per heavy atom. The Balaban J connectivity index is 1.54. The number of nitrogens with two attached hydrogens (primary N) is 1. The maximum absolute atomic E-state index is 14.8. The number of amides is 1. The Bertz CT molecular complexity index is 1300. The molecule has 3 aromatic rings. The highest BCUT2D eigenvalue weighted by atomic mass is 19.4. The lowest BCUT2D eigenvalue weighted by Crippen LogP contribution is -2.49. The summed E-state index contributed by atoms with van der Waals surface area (Å²) in [6.07, 6.45) is -3.24. The van der Waals surface area contributed by atoms with Gasteiger partial charge in [0.05, 0.1) is 55.8 Å². The van der Waals surface area contributed by atoms with Crippen molar-refractivity contribution in [3.05, 3.63) is 64.2 Å². The molecule has 0 spiro atoms. The third-order valence-corrected chi connectivity index (χ3v) is 6.20. The van der Waals surface area contributed by atoms with Gasteiger partial charge in [0.2, 0.25) is 0 Å². The van der Waals surface area contributed by atoms with Gasteiger partial charge in [-0.3, -0.25) is 4.79 Å². The van der Waals surface area contributed by atoms with Gasteiger partial charge in [-0.2, -0.15) is 13.2 Å². The summed E-state index contributed by atoms with van der Waals surface area (Å²) in [7, 11) is 0. The first-order valence-electron chi connectivity index (χ1n) is 10.6. The molecule has 1 saturated heterocycles. The zero-order valence-electron chi connectivity index (χ0n) is 18.0. The molecule has 2 atom stereocenters. The number of fused-ring (bicyclic) bond motifs is 3. The third-order valence-electron chi connectivity index (χ3n) is 6.20. The standard InChI is InChI=1S/C23H20F4N4O3/c1-11-7-33-10-20(13-3-2-12(4-17(13)24)23(25,26)27)31(11)22(32)18-5-14-15-8-34-9-16(15)21(28)30-19(14)6-29-18/h2-6,11,20H,7-10H2,1H3,(H2,28,30)/t11-,20-/m1/s1. The van der Waals surface area contributed by atoms with Crippen molar-refractivity contribution in [3.8, 4) is 0 Å². The van der Waals surface area contributed by atoms with Crippen LogP contribution in [-0.2, 0) is 28.9 Å². The summed E-state index contributed by atoms with van der Waals surface area (Å²) >= 11 is 0. The number of aromatic nitrogens is 2. The van der Waals surface area contributed by atoms with Crippen LogP contribution < -0.4 is 5.73 Å². The van der Waals surface area contributed by atoms with E-state index in [0.29, 0.717) is 36.0 Å². The lowest BCUT2D eigenvalue weighted by atomic mass is 9.99. The third kappa shape index (κ3) is 3.74. The van der Waals surface area contributed by atoms with E-state index in [1.165, 1.54) is 11.1 Å². The molecule has 2 aromatic heterocycles. The van der Waals surface area contributed by atoms with Crippen LogP contribution in [0, 0.1) is 5.82 Å². The number of alkyl halides is 3. The minimum atomic E-state index is -4.68. The normalized spacial score (nSPS) is 20.6. The summed E-state index contributed by atoms with van der Waals surface area (Å²) in [6.45, 7) is 2.50. The molecule has 4 heterocycles. The van der Waals surface area contributed by atoms with Crippen LogP contribution >= 0.6 is 0 Å². The van der Waals surface area contributed by atoms with Gasteiger partial charge in [0.15, 0.2) is 0 Å². The smallest absolute Gasteiger partial charge is 0.383 e. The van der Waals surface area contributed by atoms with E-state index in [9.17, 15) is 22.4 Å². The number of hydrogen-bond acceptors (Lipinski definition) is 6. The number of benzene rings is 1. The van der Waals surface area contributed by atoms with Crippen molar-refractivity contribution in [2.45, 2.75) is 38.4 Å². The molecule has 11 heteroatoms. The van der Waals surface area contributed by atoms with Crippen LogP contribution in [0.15, 0.2) is 30.5 Å². The number of rotatable bonds is 2. The SMILES string of the molecule is C[C@@H]1COC[C@H](c2ccc(C(F)(F)F)cc2F)N1C(=O)c1cc2c3c(c(N)nc2cn1)COC3. The molecule has 1 amide bonds. The van der Waals surface area contributed by atoms with E-state index in [1.54, 1.807) is 13.0 Å². The monoisotopic (exact) mass is 476 g/mol. The molecule has 2 aliphatic rings. The van der Waals surface area contributed by atoms with Gasteiger partial charge in [0.25, 0.3) is 5.91 Å². The van der Waals surface area contributed by atoms with Crippen molar-refractivity contribution in [2.24, 2.45) is 0 Å². The number of nitrogens with zero attached hydrogens (tertiary/aromatic N) is 3. The van der Waals surface area contributed by atoms with Gasteiger partial charge in [0.1, 0.15) is 17.3 Å². The maximum atomic E-state index is 14.8. The average Bonchev–Trinajstić information content (AvgIpc) is 3.29. The van der Waals surface area contributed by atoms with Crippen molar-refractivity contribution >= 4 is 22.6 Å². The first-order chi connectivity index (χ1) is 16.1. The number of carbonyl (C=O) groups excluding carboxylic acids is 1. The van der Waals surface area contributed by atoms with Crippen LogP contribution in [0.2, 0.25) is 0 Å². The highest BCUT2D eigenvalue weighted by Gasteiger charge is 2.38. The van der Waals surface area contributed by atoms with Crippen molar-refractivity contribution < 1.29 is 31.8 Å². The van der Waals surface area contributed by atoms with E-state index in [-0.39, 0.29) is 24.5 Å². The Hall–Kier alpha value is -3.31. The molecule has 0 bridgehead atoms. The summed E-state index contributed by atoms with van der Waals surface area (Å²) in [5.74, 6) is -1.21. The van der Waals surface area contributed by atoms with E-state index in [1.807, 2.05) is 0 Å². The first kappa shape index (κ1) is 22.5. The fourth-order valence-corrected chi connectivity index (χ4v) is 4.50. The number of hydrogen-bond donors (Lipinski definition) is 1. The summed E-state index contributed by atoms with van der Waals surface area (Å²) < 4.78 is 64.8. The molecule has 7 nitrogen and oxygen atoms in total. The van der Waals surface area contributed by atoms with Gasteiger partial charge in [-0.1, -0.05) is 6.07 Å². The molecule has 5 rings (SSSR count). The number of ether oxygens (including phenoxy) is 2. The molecule has 0 unspecified atom stereocenters. The van der Waals surface area contributed by atoms with Gasteiger partial charge in [0, 0.05) is 16.5 Å². The minimum Gasteiger partial charge on any atom is -0.383 e. The second-order valence-electron chi connectivity index (χ2n) is 8.38. The molecule has 0 radical (unpaired) electrons. The zero-order valence-corrected chi connectivity index (χ0v) is 18.0. The number of morpholine rings is 1. The van der Waals surface area contributed by atoms with Crippen molar-refractivity contribution in [3.63, 3.8) is 0 Å². The van der Waals surface area contributed by atoms with Crippen LogP contribution in [0.5, 0.6) is 0 Å². The van der Waals surface area contributed by atoms with Crippen LogP contribution in [-0.4, -0.2) is 40.0 Å². The summed E-state index contributed by atoms with van der Waals surface area (Å²) in [5, 5.41) is 0.679. The average molecular weight is 476 g/mol. The zero-order chi connectivity index (χ0) is 24.2. The number of anilines is 1. The number of halogens is 4. The number of nitrogen functional groups attached to an aromatic ring is 1. The van der Waals surface area contributed by atoms with Crippen molar-refractivity contribution in [1.82, 2.24) is 14.9 Å². The van der Waals surface area contributed by atoms with Gasteiger partial charge in [-0.15, -0.1) is 0 Å². The van der Waals surface area contributed by atoms with Gasteiger partial charge in [-0.25, -0.2) is 14.4 Å². The summed E-state index contributed by atoms with van der Waals surface area (Å²) in [6, 6.07) is 2.49. The van der Waals surface area contributed by atoms with E-state index in [0.717, 1.165) is 23.3 Å². The van der Waals surface area contributed by atoms with Crippen LogP contribution in [0.1, 0.15) is 45.7 Å². The molecule has 2 aliphatic heterocycles. The van der Waals surface area contributed by atoms with Crippen LogP contribution in [0.4, 0.5) is 23.4 Å². The summed E-state index contributed by atoms with van der Waals surface area (Å²) in [4.78, 5) is 23.6. The summed E-state index contributed by atoms with van der Waals surface area (Å²) in [5.41, 5.74) is 7.04. The van der Waals surface area contributed by atoms with E-state index in [4.69, 9.17) is 15.2 Å². The molecule has 34 heavy (non-hydrogen) atoms. The van der Waals surface area contributed by atoms with Crippen LogP contribution in [0.25, 0.3) is 10.9 Å². The largest absolute Gasteiger partial charge is 0.416 e. The second kappa shape index (κ2) is 8.17. The van der Waals surface area contributed by atoms with Gasteiger partial charge in [-0.05, 0) is 30.7 Å². The highest BCUT2D eigenvalue weighted by molar-refractivity contribution is 5.97. The Morgan fingerprint density at radius 3 is 2.65 bits per heavy atom. The molecule has 178 valence electrons. The Morgan fingerprint density at radius 2 is 1.91 bits per heavy atom. The quantitative estimate of drug-likeness (QED) is 0.563. The lowest BCUT2D eigenvalue weighted by Gasteiger charge is -2.40. The Kier molecular flexibility index (Phi) is 5.40. The number of carbonyl (C=O) groups is 1. The van der Waals surface area contributed by atoms with E-state index >= 15 is 0 Å². The van der Waals surface area contributed by atoms with Gasteiger partial charge < -0.3 is 20.1 Å². The minimum absolute atomic E-state index is 0.0579. The fraction of sp³-hybridized carbons (Fsp3) is 0.348.